The van der Waals surface area contributed by atoms with Gasteiger partial charge in [-0.25, -0.2) is 9.97 Å². The Morgan fingerprint density at radius 3 is 2.59 bits per heavy atom. The predicted molar refractivity (Wildman–Crippen MR) is 116 cm³/mol. The van der Waals surface area contributed by atoms with Gasteiger partial charge in [-0.15, -0.1) is 0 Å². The van der Waals surface area contributed by atoms with Crippen molar-refractivity contribution in [2.45, 2.75) is 33.4 Å². The molecule has 11 nitrogen and oxygen atoms in total. The van der Waals surface area contributed by atoms with Crippen molar-refractivity contribution in [2.24, 2.45) is 5.73 Å². The fraction of sp³-hybridized carbons (Fsp3) is 0.238. The van der Waals surface area contributed by atoms with Gasteiger partial charge < -0.3 is 20.0 Å². The van der Waals surface area contributed by atoms with E-state index in [1.807, 2.05) is 23.8 Å². The molecular formula is C21H23N7O4. The van der Waals surface area contributed by atoms with Crippen LogP contribution in [0.15, 0.2) is 47.9 Å². The number of amides is 1. The average Bonchev–Trinajstić information content (AvgIpc) is 3.23. The number of carbonyl (C=O) groups excluding carboxylic acids is 1. The van der Waals surface area contributed by atoms with Gasteiger partial charge in [-0.2, -0.15) is 0 Å². The van der Waals surface area contributed by atoms with E-state index in [4.69, 9.17) is 21.0 Å². The van der Waals surface area contributed by atoms with Crippen molar-refractivity contribution in [1.29, 1.82) is 5.41 Å². The molecule has 0 saturated carbocycles. The number of carboxylic acid groups (broad SMARTS) is 1. The number of carbonyl (C=O) groups is 2. The molecule has 0 fully saturated rings. The highest BCUT2D eigenvalue weighted by molar-refractivity contribution is 5.95. The third kappa shape index (κ3) is 4.72. The summed E-state index contributed by atoms with van der Waals surface area (Å²) >= 11 is 0. The molecule has 0 bridgehead atoms. The van der Waals surface area contributed by atoms with Gasteiger partial charge in [0.25, 0.3) is 17.4 Å². The molecule has 0 aliphatic carbocycles. The Labute approximate surface area is 181 Å². The monoisotopic (exact) mass is 437 g/mol. The molecule has 32 heavy (non-hydrogen) atoms. The second-order valence-corrected chi connectivity index (χ2v) is 7.18. The molecule has 0 aliphatic heterocycles. The maximum atomic E-state index is 13.0. The lowest BCUT2D eigenvalue weighted by Gasteiger charge is -2.14. The molecule has 0 spiro atoms. The smallest absolute Gasteiger partial charge is 0.300 e. The molecule has 4 rings (SSSR count). The summed E-state index contributed by atoms with van der Waals surface area (Å²) in [6, 6.07) is 5.00. The Balaban J connectivity index is 0.000000668. The number of aromatic nitrogens is 5. The molecule has 0 atom stereocenters. The minimum absolute atomic E-state index is 0.00151. The maximum absolute atomic E-state index is 13.0. The molecule has 4 aromatic rings. The number of primary amides is 1. The molecule has 1 amide bonds. The summed E-state index contributed by atoms with van der Waals surface area (Å²) in [6.45, 7) is 4.05. The van der Waals surface area contributed by atoms with Crippen LogP contribution in [-0.2, 0) is 17.9 Å². The first-order valence-electron chi connectivity index (χ1n) is 9.75. The number of nitrogens with one attached hydrogen (secondary N) is 1. The zero-order chi connectivity index (χ0) is 23.4. The van der Waals surface area contributed by atoms with Crippen LogP contribution in [0.4, 0.5) is 0 Å². The zero-order valence-corrected chi connectivity index (χ0v) is 17.6. The van der Waals surface area contributed by atoms with Gasteiger partial charge in [-0.1, -0.05) is 6.07 Å². The standard InChI is InChI=1S/C19H19N7O2.C2H4O2/c1-12-3-4-15-23-18-14(19(28)26(15)10-12)9-13(17(21)27)16(20)25(18)7-2-6-24-8-5-22-11-24;1-2(3)4/h3-5,8-11,20H,2,6-7H2,1H3,(H2,21,27);1H3,(H,3,4). The van der Waals surface area contributed by atoms with Crippen LogP contribution in [0, 0.1) is 12.3 Å². The minimum Gasteiger partial charge on any atom is -0.481 e. The summed E-state index contributed by atoms with van der Waals surface area (Å²) in [5.41, 5.74) is 6.88. The first-order valence-corrected chi connectivity index (χ1v) is 9.75. The predicted octanol–water partition coefficient (Wildman–Crippen LogP) is 0.914. The summed E-state index contributed by atoms with van der Waals surface area (Å²) in [5.74, 6) is -1.58. The molecule has 0 unspecified atom stereocenters. The molecule has 4 aromatic heterocycles. The summed E-state index contributed by atoms with van der Waals surface area (Å²) in [6.07, 6.45) is 7.63. The quantitative estimate of drug-likeness (QED) is 0.393. The number of rotatable bonds is 5. The number of hydrogen-bond acceptors (Lipinski definition) is 6. The lowest BCUT2D eigenvalue weighted by atomic mass is 10.2. The largest absolute Gasteiger partial charge is 0.481 e. The van der Waals surface area contributed by atoms with E-state index >= 15 is 0 Å². The third-order valence-electron chi connectivity index (χ3n) is 4.68. The highest BCUT2D eigenvalue weighted by Crippen LogP contribution is 2.11. The van der Waals surface area contributed by atoms with Crippen LogP contribution in [0.2, 0.25) is 0 Å². The first kappa shape index (κ1) is 22.4. The fourth-order valence-corrected chi connectivity index (χ4v) is 3.28. The number of pyridine rings is 2. The molecule has 0 saturated heterocycles. The summed E-state index contributed by atoms with van der Waals surface area (Å²) in [4.78, 5) is 42.5. The molecule has 11 heteroatoms. The van der Waals surface area contributed by atoms with Gasteiger partial charge in [0.1, 0.15) is 16.8 Å². The van der Waals surface area contributed by atoms with Gasteiger partial charge in [0, 0.05) is 38.6 Å². The van der Waals surface area contributed by atoms with Crippen molar-refractivity contribution in [3.8, 4) is 0 Å². The SMILES string of the molecule is CC(=O)O.Cc1ccc2nc3c(cc(C(N)=O)c(=N)n3CCCn3ccnc3)c(=O)n2c1. The van der Waals surface area contributed by atoms with Gasteiger partial charge >= 0.3 is 0 Å². The number of hydrogen-bond donors (Lipinski definition) is 3. The molecule has 0 aromatic carbocycles. The topological polar surface area (TPSA) is 161 Å². The summed E-state index contributed by atoms with van der Waals surface area (Å²) < 4.78 is 4.94. The van der Waals surface area contributed by atoms with Crippen molar-refractivity contribution in [2.75, 3.05) is 0 Å². The number of aryl methyl sites for hydroxylation is 3. The van der Waals surface area contributed by atoms with Crippen molar-refractivity contribution >= 4 is 28.6 Å². The molecule has 4 N–H and O–H groups in total. The normalized spacial score (nSPS) is 10.7. The van der Waals surface area contributed by atoms with Crippen molar-refractivity contribution < 1.29 is 14.7 Å². The van der Waals surface area contributed by atoms with Gasteiger partial charge in [0.05, 0.1) is 17.3 Å². The molecular weight excluding hydrogens is 414 g/mol. The molecule has 0 aliphatic rings. The van der Waals surface area contributed by atoms with Crippen molar-refractivity contribution in [1.82, 2.24) is 23.5 Å². The second-order valence-electron chi connectivity index (χ2n) is 7.18. The van der Waals surface area contributed by atoms with Crippen LogP contribution < -0.4 is 16.8 Å². The average molecular weight is 437 g/mol. The molecule has 166 valence electrons. The van der Waals surface area contributed by atoms with E-state index in [0.717, 1.165) is 12.5 Å². The number of fused-ring (bicyclic) bond motifs is 2. The van der Waals surface area contributed by atoms with E-state index in [-0.39, 0.29) is 22.0 Å². The van der Waals surface area contributed by atoms with Crippen LogP contribution in [-0.4, -0.2) is 40.5 Å². The Bertz CT molecular complexity index is 1410. The minimum atomic E-state index is -0.833. The first-order chi connectivity index (χ1) is 15.2. The van der Waals surface area contributed by atoms with Crippen LogP contribution in [0.5, 0.6) is 0 Å². The second kappa shape index (κ2) is 9.25. The van der Waals surface area contributed by atoms with E-state index in [9.17, 15) is 9.59 Å². The number of nitrogens with two attached hydrogens (primary N) is 1. The Morgan fingerprint density at radius 1 is 1.25 bits per heavy atom. The molecule has 4 heterocycles. The van der Waals surface area contributed by atoms with Gasteiger partial charge in [-0.05, 0) is 31.0 Å². The van der Waals surface area contributed by atoms with Gasteiger partial charge in [0.15, 0.2) is 0 Å². The Hall–Kier alpha value is -4.28. The summed E-state index contributed by atoms with van der Waals surface area (Å²) in [5, 5.41) is 16.1. The van der Waals surface area contributed by atoms with Gasteiger partial charge in [0.2, 0.25) is 0 Å². The van der Waals surface area contributed by atoms with Crippen LogP contribution in [0.3, 0.4) is 0 Å². The number of nitrogens with zero attached hydrogens (tertiary/aromatic N) is 5. The van der Waals surface area contributed by atoms with E-state index in [1.54, 1.807) is 29.4 Å². The maximum Gasteiger partial charge on any atom is 0.300 e. The number of carboxylic acids is 1. The zero-order valence-electron chi connectivity index (χ0n) is 17.6. The molecule has 0 radical (unpaired) electrons. The van der Waals surface area contributed by atoms with Gasteiger partial charge in [-0.3, -0.25) is 24.2 Å². The highest BCUT2D eigenvalue weighted by atomic mass is 16.4. The van der Waals surface area contributed by atoms with Crippen molar-refractivity contribution in [3.63, 3.8) is 0 Å². The van der Waals surface area contributed by atoms with Crippen LogP contribution >= 0.6 is 0 Å². The Kier molecular flexibility index (Phi) is 6.47. The highest BCUT2D eigenvalue weighted by Gasteiger charge is 2.16. The van der Waals surface area contributed by atoms with E-state index in [2.05, 4.69) is 9.97 Å². The third-order valence-corrected chi connectivity index (χ3v) is 4.68. The Morgan fingerprint density at radius 2 is 1.97 bits per heavy atom. The fourth-order valence-electron chi connectivity index (χ4n) is 3.28. The van der Waals surface area contributed by atoms with Crippen LogP contribution in [0.1, 0.15) is 29.3 Å². The lowest BCUT2D eigenvalue weighted by molar-refractivity contribution is -0.134. The summed E-state index contributed by atoms with van der Waals surface area (Å²) in [7, 11) is 0. The lowest BCUT2D eigenvalue weighted by Crippen LogP contribution is -2.32. The van der Waals surface area contributed by atoms with E-state index in [0.29, 0.717) is 30.8 Å². The van der Waals surface area contributed by atoms with Crippen LogP contribution in [0.25, 0.3) is 16.7 Å². The number of aliphatic carboxylic acids is 1. The van der Waals surface area contributed by atoms with Crippen molar-refractivity contribution in [3.05, 3.63) is 70.1 Å². The number of imidazole rings is 1. The van der Waals surface area contributed by atoms with E-state index in [1.165, 1.54) is 10.5 Å². The van der Waals surface area contributed by atoms with E-state index < -0.39 is 11.9 Å².